The molecule has 2 N–H and O–H groups in total. The molecule has 3 rings (SSSR count). The van der Waals surface area contributed by atoms with Crippen LogP contribution in [0.5, 0.6) is 5.75 Å². The van der Waals surface area contributed by atoms with Crippen molar-refractivity contribution in [2.24, 2.45) is 0 Å². The SMILES string of the molecule is COc1ccc([C@@H](CC(=O)NCCCN2CCOCC2)NS(=O)(=O)c2ccc(C)cc2)cc1. The van der Waals surface area contributed by atoms with Crippen LogP contribution in [0.3, 0.4) is 0 Å². The quantitative estimate of drug-likeness (QED) is 0.484. The molecule has 0 aliphatic carbocycles. The van der Waals surface area contributed by atoms with Crippen molar-refractivity contribution in [1.29, 1.82) is 0 Å². The lowest BCUT2D eigenvalue weighted by Crippen LogP contribution is -2.38. The van der Waals surface area contributed by atoms with Gasteiger partial charge in [-0.05, 0) is 49.7 Å². The Bertz CT molecular complexity index is 988. The third-order valence-corrected chi connectivity index (χ3v) is 7.10. The Morgan fingerprint density at radius 3 is 2.39 bits per heavy atom. The van der Waals surface area contributed by atoms with Crippen LogP contribution in [0, 0.1) is 6.92 Å². The molecule has 180 valence electrons. The molecule has 0 aromatic heterocycles. The maximum atomic E-state index is 13.0. The van der Waals surface area contributed by atoms with E-state index >= 15 is 0 Å². The molecule has 1 heterocycles. The summed E-state index contributed by atoms with van der Waals surface area (Å²) in [5.41, 5.74) is 1.66. The molecule has 0 unspecified atom stereocenters. The van der Waals surface area contributed by atoms with Gasteiger partial charge in [-0.25, -0.2) is 13.1 Å². The monoisotopic (exact) mass is 475 g/mol. The predicted molar refractivity (Wildman–Crippen MR) is 127 cm³/mol. The molecular weight excluding hydrogens is 442 g/mol. The van der Waals surface area contributed by atoms with E-state index < -0.39 is 16.1 Å². The summed E-state index contributed by atoms with van der Waals surface area (Å²) in [5.74, 6) is 0.454. The molecule has 0 spiro atoms. The fourth-order valence-corrected chi connectivity index (χ4v) is 4.87. The van der Waals surface area contributed by atoms with Crippen molar-refractivity contribution in [3.05, 3.63) is 59.7 Å². The van der Waals surface area contributed by atoms with Gasteiger partial charge in [0.05, 0.1) is 31.3 Å². The summed E-state index contributed by atoms with van der Waals surface area (Å²) in [5, 5.41) is 2.92. The maximum absolute atomic E-state index is 13.0. The van der Waals surface area contributed by atoms with E-state index in [1.54, 1.807) is 55.6 Å². The zero-order valence-electron chi connectivity index (χ0n) is 19.2. The number of ether oxygens (including phenoxy) is 2. The van der Waals surface area contributed by atoms with Crippen molar-refractivity contribution in [1.82, 2.24) is 14.9 Å². The third-order valence-electron chi connectivity index (χ3n) is 5.61. The van der Waals surface area contributed by atoms with Crippen molar-refractivity contribution >= 4 is 15.9 Å². The van der Waals surface area contributed by atoms with Crippen LogP contribution in [-0.4, -0.2) is 65.7 Å². The largest absolute Gasteiger partial charge is 0.497 e. The molecule has 9 heteroatoms. The van der Waals surface area contributed by atoms with Crippen LogP contribution < -0.4 is 14.8 Å². The highest BCUT2D eigenvalue weighted by atomic mass is 32.2. The summed E-state index contributed by atoms with van der Waals surface area (Å²) >= 11 is 0. The minimum atomic E-state index is -3.81. The number of benzene rings is 2. The van der Waals surface area contributed by atoms with Gasteiger partial charge in [-0.1, -0.05) is 29.8 Å². The number of morpholine rings is 1. The van der Waals surface area contributed by atoms with Crippen LogP contribution in [0.15, 0.2) is 53.4 Å². The van der Waals surface area contributed by atoms with Crippen LogP contribution in [0.4, 0.5) is 0 Å². The Kier molecular flexibility index (Phi) is 9.25. The molecule has 0 saturated carbocycles. The molecule has 2 aromatic rings. The van der Waals surface area contributed by atoms with Crippen molar-refractivity contribution in [2.75, 3.05) is 46.5 Å². The summed E-state index contributed by atoms with van der Waals surface area (Å²) in [6, 6.07) is 13.0. The van der Waals surface area contributed by atoms with Crippen molar-refractivity contribution in [3.8, 4) is 5.75 Å². The second kappa shape index (κ2) is 12.1. The number of methoxy groups -OCH3 is 1. The first-order chi connectivity index (χ1) is 15.9. The van der Waals surface area contributed by atoms with Crippen LogP contribution in [-0.2, 0) is 19.6 Å². The Morgan fingerprint density at radius 2 is 1.76 bits per heavy atom. The van der Waals surface area contributed by atoms with Crippen LogP contribution in [0.25, 0.3) is 0 Å². The molecule has 2 aromatic carbocycles. The minimum Gasteiger partial charge on any atom is -0.497 e. The summed E-state index contributed by atoms with van der Waals surface area (Å²) in [6.45, 7) is 6.64. The zero-order chi connectivity index (χ0) is 23.7. The Morgan fingerprint density at radius 1 is 1.09 bits per heavy atom. The highest BCUT2D eigenvalue weighted by molar-refractivity contribution is 7.89. The van der Waals surface area contributed by atoms with Gasteiger partial charge in [0, 0.05) is 26.1 Å². The standard InChI is InChI=1S/C24H33N3O5S/c1-19-4-10-22(11-5-19)33(29,30)26-23(20-6-8-21(31-2)9-7-20)18-24(28)25-12-3-13-27-14-16-32-17-15-27/h4-11,23,26H,3,12-18H2,1-2H3,(H,25,28)/t23-/m1/s1. The van der Waals surface area contributed by atoms with E-state index in [-0.39, 0.29) is 17.2 Å². The highest BCUT2D eigenvalue weighted by Gasteiger charge is 2.24. The van der Waals surface area contributed by atoms with Crippen LogP contribution >= 0.6 is 0 Å². The molecule has 1 aliphatic rings. The van der Waals surface area contributed by atoms with Crippen LogP contribution in [0.2, 0.25) is 0 Å². The number of rotatable bonds is 11. The minimum absolute atomic E-state index is 0.00499. The molecule has 1 atom stereocenters. The maximum Gasteiger partial charge on any atom is 0.241 e. The lowest BCUT2D eigenvalue weighted by molar-refractivity contribution is -0.121. The molecule has 0 bridgehead atoms. The number of amides is 1. The van der Waals surface area contributed by atoms with Gasteiger partial charge in [0.1, 0.15) is 5.75 Å². The van der Waals surface area contributed by atoms with E-state index in [0.29, 0.717) is 17.9 Å². The Balaban J connectivity index is 1.63. The van der Waals surface area contributed by atoms with Crippen molar-refractivity contribution in [2.45, 2.75) is 30.7 Å². The average molecular weight is 476 g/mol. The van der Waals surface area contributed by atoms with Gasteiger partial charge in [0.25, 0.3) is 0 Å². The number of nitrogens with one attached hydrogen (secondary N) is 2. The lowest BCUT2D eigenvalue weighted by atomic mass is 10.0. The van der Waals surface area contributed by atoms with Gasteiger partial charge in [0.15, 0.2) is 0 Å². The number of carbonyl (C=O) groups excluding carboxylic acids is 1. The van der Waals surface area contributed by atoms with E-state index in [1.807, 2.05) is 6.92 Å². The van der Waals surface area contributed by atoms with Gasteiger partial charge in [-0.15, -0.1) is 0 Å². The first-order valence-electron chi connectivity index (χ1n) is 11.2. The van der Waals surface area contributed by atoms with Crippen molar-refractivity contribution in [3.63, 3.8) is 0 Å². The number of nitrogens with zero attached hydrogens (tertiary/aromatic N) is 1. The molecule has 1 fully saturated rings. The van der Waals surface area contributed by atoms with Crippen LogP contribution in [0.1, 0.15) is 30.0 Å². The summed E-state index contributed by atoms with van der Waals surface area (Å²) in [4.78, 5) is 15.1. The fraction of sp³-hybridized carbons (Fsp3) is 0.458. The normalized spacial score (nSPS) is 15.7. The van der Waals surface area contributed by atoms with Gasteiger partial charge >= 0.3 is 0 Å². The summed E-state index contributed by atoms with van der Waals surface area (Å²) < 4.78 is 39.2. The molecule has 1 aliphatic heterocycles. The first kappa shape index (κ1) is 25.2. The molecule has 8 nitrogen and oxygen atoms in total. The lowest BCUT2D eigenvalue weighted by Gasteiger charge is -2.26. The number of carbonyl (C=O) groups is 1. The van der Waals surface area contributed by atoms with Gasteiger partial charge in [0.2, 0.25) is 15.9 Å². The molecule has 33 heavy (non-hydrogen) atoms. The first-order valence-corrected chi connectivity index (χ1v) is 12.7. The Labute approximate surface area is 196 Å². The number of hydrogen-bond acceptors (Lipinski definition) is 6. The zero-order valence-corrected chi connectivity index (χ0v) is 20.1. The van der Waals surface area contributed by atoms with E-state index in [2.05, 4.69) is 14.9 Å². The number of aryl methyl sites for hydroxylation is 1. The second-order valence-corrected chi connectivity index (χ2v) is 9.84. The van der Waals surface area contributed by atoms with Gasteiger partial charge in [-0.3, -0.25) is 9.69 Å². The van der Waals surface area contributed by atoms with E-state index in [0.717, 1.165) is 44.8 Å². The fourth-order valence-electron chi connectivity index (χ4n) is 3.65. The van der Waals surface area contributed by atoms with Gasteiger partial charge in [-0.2, -0.15) is 0 Å². The highest BCUT2D eigenvalue weighted by Crippen LogP contribution is 2.23. The summed E-state index contributed by atoms with van der Waals surface area (Å²) in [6.07, 6.45) is 0.822. The van der Waals surface area contributed by atoms with E-state index in [1.165, 1.54) is 0 Å². The van der Waals surface area contributed by atoms with Crippen molar-refractivity contribution < 1.29 is 22.7 Å². The van der Waals surface area contributed by atoms with E-state index in [4.69, 9.17) is 9.47 Å². The smallest absolute Gasteiger partial charge is 0.241 e. The van der Waals surface area contributed by atoms with Gasteiger partial charge < -0.3 is 14.8 Å². The number of sulfonamides is 1. The molecule has 0 radical (unpaired) electrons. The average Bonchev–Trinajstić information content (AvgIpc) is 2.82. The third kappa shape index (κ3) is 7.82. The topological polar surface area (TPSA) is 97.0 Å². The predicted octanol–water partition coefficient (Wildman–Crippen LogP) is 2.25. The number of hydrogen-bond donors (Lipinski definition) is 2. The second-order valence-electron chi connectivity index (χ2n) is 8.12. The molecule has 1 saturated heterocycles. The summed E-state index contributed by atoms with van der Waals surface area (Å²) in [7, 11) is -2.24. The molecular formula is C24H33N3O5S. The van der Waals surface area contributed by atoms with E-state index in [9.17, 15) is 13.2 Å². The Hall–Kier alpha value is -2.46. The molecule has 1 amide bonds.